The van der Waals surface area contributed by atoms with Crippen molar-refractivity contribution < 1.29 is 18.3 Å². The van der Waals surface area contributed by atoms with Crippen molar-refractivity contribution in [1.29, 1.82) is 0 Å². The van der Waals surface area contributed by atoms with Gasteiger partial charge in [-0.15, -0.1) is 0 Å². The van der Waals surface area contributed by atoms with Gasteiger partial charge in [0.1, 0.15) is 10.9 Å². The van der Waals surface area contributed by atoms with E-state index in [1.54, 1.807) is 24.3 Å². The van der Waals surface area contributed by atoms with E-state index < -0.39 is 27.5 Å². The fraction of sp³-hybridized carbons (Fsp3) is 0.222. The summed E-state index contributed by atoms with van der Waals surface area (Å²) in [6, 6.07) is 20.3. The van der Waals surface area contributed by atoms with Crippen molar-refractivity contribution in [3.05, 3.63) is 106 Å². The summed E-state index contributed by atoms with van der Waals surface area (Å²) in [6.07, 6.45) is 1.67. The molecule has 3 aromatic carbocycles. The molecule has 5 nitrogen and oxygen atoms in total. The average molecular weight is 462 g/mol. The van der Waals surface area contributed by atoms with Crippen molar-refractivity contribution in [3.8, 4) is 0 Å². The van der Waals surface area contributed by atoms with Gasteiger partial charge in [-0.2, -0.15) is 0 Å². The predicted molar refractivity (Wildman–Crippen MR) is 130 cm³/mol. The lowest BCUT2D eigenvalue weighted by atomic mass is 10.0. The zero-order chi connectivity index (χ0) is 23.8. The monoisotopic (exact) mass is 461 g/mol. The number of hydrogen-bond donors (Lipinski definition) is 1. The number of aliphatic hydroxyl groups excluding tert-OH is 1. The van der Waals surface area contributed by atoms with Gasteiger partial charge in [-0.25, -0.2) is 8.42 Å². The second-order valence-corrected chi connectivity index (χ2v) is 10.1. The number of carbonyl (C=O) groups excluding carboxylic acids is 1. The van der Waals surface area contributed by atoms with E-state index >= 15 is 0 Å². The molecule has 0 spiro atoms. The molecule has 0 aliphatic carbocycles. The number of rotatable bonds is 6. The smallest absolute Gasteiger partial charge is 0.295 e. The minimum atomic E-state index is -4.14. The summed E-state index contributed by atoms with van der Waals surface area (Å²) in [4.78, 5) is 14.4. The molecular formula is C27H27NO4S. The Balaban J connectivity index is 1.90. The second kappa shape index (κ2) is 8.87. The fourth-order valence-corrected chi connectivity index (χ4v) is 5.72. The lowest BCUT2D eigenvalue weighted by Crippen LogP contribution is -2.31. The Hall–Kier alpha value is -3.38. The molecule has 4 rings (SSSR count). The molecule has 170 valence electrons. The number of carbonyl (C=O) groups is 1. The Labute approximate surface area is 194 Å². The highest BCUT2D eigenvalue weighted by Crippen LogP contribution is 2.44. The zero-order valence-electron chi connectivity index (χ0n) is 18.9. The van der Waals surface area contributed by atoms with Gasteiger partial charge in [0.05, 0.1) is 4.90 Å². The van der Waals surface area contributed by atoms with Crippen LogP contribution in [0.1, 0.15) is 42.1 Å². The lowest BCUT2D eigenvalue weighted by Gasteiger charge is -2.27. The molecular weight excluding hydrogens is 434 g/mol. The highest BCUT2D eigenvalue weighted by Gasteiger charge is 2.47. The van der Waals surface area contributed by atoms with E-state index in [2.05, 4.69) is 0 Å². The van der Waals surface area contributed by atoms with Gasteiger partial charge < -0.3 is 5.11 Å². The summed E-state index contributed by atoms with van der Waals surface area (Å²) >= 11 is 0. The fourth-order valence-electron chi connectivity index (χ4n) is 4.10. The van der Waals surface area contributed by atoms with Gasteiger partial charge in [0.15, 0.2) is 5.76 Å². The Morgan fingerprint density at radius 2 is 1.33 bits per heavy atom. The van der Waals surface area contributed by atoms with Crippen LogP contribution < -0.4 is 4.90 Å². The first-order chi connectivity index (χ1) is 15.8. The maximum atomic E-state index is 13.7. The van der Waals surface area contributed by atoms with E-state index in [0.717, 1.165) is 29.5 Å². The second-order valence-electron chi connectivity index (χ2n) is 8.22. The highest BCUT2D eigenvalue weighted by atomic mass is 32.2. The van der Waals surface area contributed by atoms with Crippen LogP contribution in [-0.4, -0.2) is 19.4 Å². The third-order valence-corrected chi connectivity index (χ3v) is 8.00. The van der Waals surface area contributed by atoms with Gasteiger partial charge in [0.25, 0.3) is 5.91 Å². The number of aryl methyl sites for hydroxylation is 3. The first-order valence-corrected chi connectivity index (χ1v) is 12.5. The molecule has 1 unspecified atom stereocenters. The molecule has 0 aromatic heterocycles. The summed E-state index contributed by atoms with van der Waals surface area (Å²) in [6.45, 7) is 5.94. The van der Waals surface area contributed by atoms with E-state index in [-0.39, 0.29) is 9.80 Å². The first-order valence-electron chi connectivity index (χ1n) is 11.0. The van der Waals surface area contributed by atoms with Crippen LogP contribution in [0.5, 0.6) is 0 Å². The van der Waals surface area contributed by atoms with E-state index in [9.17, 15) is 18.3 Å². The van der Waals surface area contributed by atoms with Crippen molar-refractivity contribution in [2.75, 3.05) is 4.90 Å². The van der Waals surface area contributed by atoms with Gasteiger partial charge in [-0.05, 0) is 60.7 Å². The van der Waals surface area contributed by atoms with Crippen LogP contribution in [0.4, 0.5) is 5.69 Å². The largest absolute Gasteiger partial charge is 0.502 e. The lowest BCUT2D eigenvalue weighted by molar-refractivity contribution is -0.117. The molecule has 0 saturated heterocycles. The third kappa shape index (κ3) is 4.07. The topological polar surface area (TPSA) is 74.7 Å². The van der Waals surface area contributed by atoms with Crippen molar-refractivity contribution >= 4 is 21.4 Å². The molecule has 1 atom stereocenters. The van der Waals surface area contributed by atoms with E-state index in [1.165, 1.54) is 17.0 Å². The molecule has 1 aliphatic heterocycles. The molecule has 6 heteroatoms. The summed E-state index contributed by atoms with van der Waals surface area (Å²) in [5, 5.41) is 10.9. The SMILES string of the molecule is CCc1ccc(C2C(S(=O)(=O)c3ccc(C)cc3)=C(O)C(=O)N2c2ccc(CC)cc2)cc1. The Bertz CT molecular complexity index is 1310. The first kappa shape index (κ1) is 22.8. The zero-order valence-corrected chi connectivity index (χ0v) is 19.8. The van der Waals surface area contributed by atoms with Crippen molar-refractivity contribution in [2.45, 2.75) is 44.6 Å². The quantitative estimate of drug-likeness (QED) is 0.530. The predicted octanol–water partition coefficient (Wildman–Crippen LogP) is 5.45. The minimum absolute atomic E-state index is 0.0424. The molecule has 0 radical (unpaired) electrons. The van der Waals surface area contributed by atoms with Crippen molar-refractivity contribution in [2.24, 2.45) is 0 Å². The number of hydrogen-bond acceptors (Lipinski definition) is 4. The number of amides is 1. The molecule has 1 aliphatic rings. The van der Waals surface area contributed by atoms with Crippen LogP contribution >= 0.6 is 0 Å². The third-order valence-electron chi connectivity index (χ3n) is 6.11. The number of aliphatic hydroxyl groups is 1. The number of sulfone groups is 1. The molecule has 0 fully saturated rings. The van der Waals surface area contributed by atoms with E-state index in [4.69, 9.17) is 0 Å². The standard InChI is InChI=1S/C27H27NO4S/c1-4-19-8-12-21(13-9-19)24-26(33(31,32)23-16-6-18(3)7-17-23)25(29)27(30)28(24)22-14-10-20(5-2)11-15-22/h6-17,24,29H,4-5H2,1-3H3. The van der Waals surface area contributed by atoms with Crippen molar-refractivity contribution in [1.82, 2.24) is 0 Å². The van der Waals surface area contributed by atoms with E-state index in [0.29, 0.717) is 11.3 Å². The molecule has 3 aromatic rings. The minimum Gasteiger partial charge on any atom is -0.502 e. The highest BCUT2D eigenvalue weighted by molar-refractivity contribution is 7.95. The van der Waals surface area contributed by atoms with Gasteiger partial charge in [0.2, 0.25) is 9.84 Å². The number of benzene rings is 3. The number of anilines is 1. The van der Waals surface area contributed by atoms with Crippen LogP contribution in [0.25, 0.3) is 0 Å². The van der Waals surface area contributed by atoms with E-state index in [1.807, 2.05) is 57.2 Å². The van der Waals surface area contributed by atoms with Crippen LogP contribution in [0.15, 0.2) is 88.4 Å². The summed E-state index contributed by atoms with van der Waals surface area (Å²) < 4.78 is 27.4. The molecule has 33 heavy (non-hydrogen) atoms. The molecule has 0 bridgehead atoms. The van der Waals surface area contributed by atoms with Gasteiger partial charge in [0, 0.05) is 5.69 Å². The Kier molecular flexibility index (Phi) is 6.13. The summed E-state index contributed by atoms with van der Waals surface area (Å²) in [7, 11) is -4.14. The average Bonchev–Trinajstić information content (AvgIpc) is 3.10. The maximum Gasteiger partial charge on any atom is 0.295 e. The molecule has 0 saturated carbocycles. The molecule has 1 heterocycles. The maximum absolute atomic E-state index is 13.7. The van der Waals surface area contributed by atoms with Crippen LogP contribution in [0, 0.1) is 6.92 Å². The van der Waals surface area contributed by atoms with Crippen LogP contribution in [0.2, 0.25) is 0 Å². The van der Waals surface area contributed by atoms with Gasteiger partial charge in [-0.3, -0.25) is 9.69 Å². The van der Waals surface area contributed by atoms with Gasteiger partial charge >= 0.3 is 0 Å². The summed E-state index contributed by atoms with van der Waals surface area (Å²) in [5.74, 6) is -1.46. The molecule has 1 amide bonds. The van der Waals surface area contributed by atoms with Crippen LogP contribution in [-0.2, 0) is 27.5 Å². The number of nitrogens with zero attached hydrogens (tertiary/aromatic N) is 1. The Morgan fingerprint density at radius 3 is 1.85 bits per heavy atom. The van der Waals surface area contributed by atoms with Crippen LogP contribution in [0.3, 0.4) is 0 Å². The molecule has 1 N–H and O–H groups in total. The summed E-state index contributed by atoms with van der Waals surface area (Å²) in [5.41, 5.74) is 4.26. The Morgan fingerprint density at radius 1 is 0.818 bits per heavy atom. The van der Waals surface area contributed by atoms with Gasteiger partial charge in [-0.1, -0.05) is 67.9 Å². The van der Waals surface area contributed by atoms with Crippen molar-refractivity contribution in [3.63, 3.8) is 0 Å². The normalized spacial score (nSPS) is 16.5.